The van der Waals surface area contributed by atoms with Crippen molar-refractivity contribution in [1.82, 2.24) is 29.5 Å². The lowest BCUT2D eigenvalue weighted by atomic mass is 10.0. The molecule has 5 rings (SSSR count). The number of carbonyl (C=O) groups is 2. The molecule has 1 N–H and O–H groups in total. The number of piperazine rings is 1. The first kappa shape index (κ1) is 28.3. The quantitative estimate of drug-likeness (QED) is 0.457. The second kappa shape index (κ2) is 9.97. The van der Waals surface area contributed by atoms with Crippen LogP contribution >= 0.6 is 11.6 Å². The van der Waals surface area contributed by atoms with E-state index in [1.807, 2.05) is 0 Å². The summed E-state index contributed by atoms with van der Waals surface area (Å²) in [6.07, 6.45) is -9.40. The lowest BCUT2D eigenvalue weighted by molar-refractivity contribution is -0.258. The van der Waals surface area contributed by atoms with Gasteiger partial charge in [0.2, 0.25) is 0 Å². The third kappa shape index (κ3) is 5.40. The van der Waals surface area contributed by atoms with Gasteiger partial charge in [-0.25, -0.2) is 14.1 Å². The van der Waals surface area contributed by atoms with E-state index in [0.717, 1.165) is 11.0 Å². The molecule has 0 bridgehead atoms. The Morgan fingerprint density at radius 2 is 1.85 bits per heavy atom. The van der Waals surface area contributed by atoms with Crippen molar-refractivity contribution in [2.45, 2.75) is 24.9 Å². The van der Waals surface area contributed by atoms with Crippen molar-refractivity contribution in [2.75, 3.05) is 19.6 Å². The molecule has 2 aromatic heterocycles. The number of hydrazone groups is 1. The molecule has 1 fully saturated rings. The van der Waals surface area contributed by atoms with Gasteiger partial charge in [-0.05, 0) is 23.8 Å². The first-order valence-electron chi connectivity index (χ1n) is 11.6. The topological polar surface area (TPSA) is 104 Å². The molecule has 3 aromatic rings. The van der Waals surface area contributed by atoms with Gasteiger partial charge < -0.3 is 14.3 Å². The molecule has 0 saturated carbocycles. The Kier molecular flexibility index (Phi) is 6.87. The van der Waals surface area contributed by atoms with Crippen molar-refractivity contribution in [3.8, 4) is 0 Å². The number of H-pyrrole nitrogens is 1. The van der Waals surface area contributed by atoms with Crippen molar-refractivity contribution in [2.24, 2.45) is 0 Å². The van der Waals surface area contributed by atoms with E-state index in [2.05, 4.69) is 14.9 Å². The van der Waals surface area contributed by atoms with Gasteiger partial charge in [0.25, 0.3) is 17.6 Å². The van der Waals surface area contributed by atoms with Gasteiger partial charge in [-0.3, -0.25) is 14.4 Å². The van der Waals surface area contributed by atoms with Gasteiger partial charge in [0.15, 0.2) is 0 Å². The zero-order valence-electron chi connectivity index (χ0n) is 20.3. The Balaban J connectivity index is 1.39. The fraction of sp³-hybridized carbons (Fsp3) is 0.304. The highest BCUT2D eigenvalue weighted by atomic mass is 35.5. The van der Waals surface area contributed by atoms with Gasteiger partial charge in [-0.15, -0.1) is 0 Å². The molecule has 1 saturated heterocycles. The number of hydrogen-bond donors (Lipinski definition) is 1. The number of carbonyl (C=O) groups excluding carboxylic acids is 2. The maximum absolute atomic E-state index is 14.8. The van der Waals surface area contributed by atoms with E-state index in [1.54, 1.807) is 0 Å². The van der Waals surface area contributed by atoms with Gasteiger partial charge in [0, 0.05) is 29.7 Å². The van der Waals surface area contributed by atoms with Crippen LogP contribution in [-0.4, -0.2) is 80.2 Å². The Labute approximate surface area is 229 Å². The van der Waals surface area contributed by atoms with E-state index in [1.165, 1.54) is 35.0 Å². The molecule has 1 amide bonds. The van der Waals surface area contributed by atoms with Crippen LogP contribution in [0.5, 0.6) is 0 Å². The molecule has 18 heteroatoms. The molecule has 1 aromatic carbocycles. The first-order valence-corrected chi connectivity index (χ1v) is 12.0. The van der Waals surface area contributed by atoms with Crippen LogP contribution in [0.3, 0.4) is 0 Å². The number of aromatic amines is 1. The molecule has 4 heterocycles. The number of halogens is 8. The van der Waals surface area contributed by atoms with Crippen molar-refractivity contribution in [3.63, 3.8) is 0 Å². The van der Waals surface area contributed by atoms with Crippen molar-refractivity contribution >= 4 is 34.8 Å². The van der Waals surface area contributed by atoms with Crippen LogP contribution in [0, 0.1) is 5.82 Å². The largest absolute Gasteiger partial charge is 0.501 e. The zero-order chi connectivity index (χ0) is 29.9. The van der Waals surface area contributed by atoms with Crippen LogP contribution in [0.2, 0.25) is 5.02 Å². The fourth-order valence-corrected chi connectivity index (χ4v) is 4.74. The van der Waals surface area contributed by atoms with Crippen molar-refractivity contribution in [3.05, 3.63) is 74.7 Å². The summed E-state index contributed by atoms with van der Waals surface area (Å²) in [5.74, 6) is -6.36. The van der Waals surface area contributed by atoms with Crippen molar-refractivity contribution in [1.29, 1.82) is 0 Å². The molecule has 2 aliphatic heterocycles. The summed E-state index contributed by atoms with van der Waals surface area (Å²) in [5.41, 5.74) is 0.313. The molecule has 10 nitrogen and oxygen atoms in total. The van der Waals surface area contributed by atoms with E-state index < -0.39 is 66.3 Å². The molecular weight excluding hydrogens is 593 g/mol. The van der Waals surface area contributed by atoms with E-state index in [-0.39, 0.29) is 28.7 Å². The molecule has 2 aliphatic rings. The Morgan fingerprint density at radius 3 is 2.54 bits per heavy atom. The van der Waals surface area contributed by atoms with Gasteiger partial charge in [-0.1, -0.05) is 17.7 Å². The van der Waals surface area contributed by atoms with Gasteiger partial charge in [0.1, 0.15) is 17.9 Å². The summed E-state index contributed by atoms with van der Waals surface area (Å²) in [7, 11) is 0. The summed E-state index contributed by atoms with van der Waals surface area (Å²) in [4.78, 5) is 44.7. The Morgan fingerprint density at radius 1 is 1.12 bits per heavy atom. The SMILES string of the molecule is O=C(c1cc(Cc2c[nH]c(=O)c3cc(Cl)cn23)ccc1F)N1CCN2C(C(F)(F)F)=[N+]N(OC(=O)C(F)(F)F)C2C1. The minimum Gasteiger partial charge on any atom is -0.328 e. The maximum Gasteiger partial charge on any atom is 0.501 e. The Hall–Kier alpha value is -4.28. The average molecular weight is 609 g/mol. The Bertz CT molecular complexity index is 1630. The molecule has 41 heavy (non-hydrogen) atoms. The first-order chi connectivity index (χ1) is 19.1. The second-order valence-corrected chi connectivity index (χ2v) is 9.48. The molecule has 1 unspecified atom stereocenters. The van der Waals surface area contributed by atoms with E-state index in [4.69, 9.17) is 11.6 Å². The predicted molar refractivity (Wildman–Crippen MR) is 126 cm³/mol. The van der Waals surface area contributed by atoms with Crippen LogP contribution in [0.15, 0.2) is 41.5 Å². The number of fused-ring (bicyclic) bond motifs is 2. The van der Waals surface area contributed by atoms with Gasteiger partial charge in [0.05, 0.1) is 28.8 Å². The number of amidine groups is 1. The number of rotatable bonds is 4. The van der Waals surface area contributed by atoms with Crippen LogP contribution < -0.4 is 10.7 Å². The number of hydrogen-bond acceptors (Lipinski definition) is 7. The lowest BCUT2D eigenvalue weighted by Crippen LogP contribution is -2.60. The highest BCUT2D eigenvalue weighted by Crippen LogP contribution is 2.29. The number of nitrogens with zero attached hydrogens (tertiary/aromatic N) is 5. The molecule has 217 valence electrons. The summed E-state index contributed by atoms with van der Waals surface area (Å²) in [5, 5.41) is 3.12. The van der Waals surface area contributed by atoms with Gasteiger partial charge in [-0.2, -0.15) is 26.3 Å². The monoisotopic (exact) mass is 608 g/mol. The number of hydroxylamine groups is 1. The molecule has 0 aliphatic carbocycles. The van der Waals surface area contributed by atoms with Crippen LogP contribution in [-0.2, 0) is 16.1 Å². The third-order valence-electron chi connectivity index (χ3n) is 6.37. The summed E-state index contributed by atoms with van der Waals surface area (Å²) < 4.78 is 94.9. The number of nitrogens with one attached hydrogen (secondary N) is 1. The normalized spacial score (nSPS) is 17.6. The van der Waals surface area contributed by atoms with Crippen molar-refractivity contribution < 1.29 is 45.2 Å². The van der Waals surface area contributed by atoms with E-state index in [9.17, 15) is 45.1 Å². The molecule has 1 atom stereocenters. The number of aromatic nitrogens is 2. The van der Waals surface area contributed by atoms with E-state index >= 15 is 0 Å². The molecular formula is C23H16ClF7N6O4+. The minimum absolute atomic E-state index is 0.0964. The summed E-state index contributed by atoms with van der Waals surface area (Å²) in [6, 6.07) is 5.03. The minimum atomic E-state index is -5.53. The predicted octanol–water partition coefficient (Wildman–Crippen LogP) is 2.64. The number of amides is 1. The average Bonchev–Trinajstić information content (AvgIpc) is 3.47. The standard InChI is InChI=1S/C23H16ClF7N6O4/c24-12-7-16-18(38)32-8-13(36(16)9-12)5-11-1-2-15(25)14(6-11)19(39)34-3-4-35-17(10-34)37(33-20(35)22(26,27)28)41-21(40)23(29,30)31/h1-2,6-9,17H,3-5,10H2,(H,32,38)/q+1. The summed E-state index contributed by atoms with van der Waals surface area (Å²) >= 11 is 6.00. The molecule has 1 radical (unpaired) electrons. The zero-order valence-corrected chi connectivity index (χ0v) is 21.0. The second-order valence-electron chi connectivity index (χ2n) is 9.04. The third-order valence-corrected chi connectivity index (χ3v) is 6.57. The van der Waals surface area contributed by atoms with Crippen LogP contribution in [0.4, 0.5) is 30.7 Å². The highest BCUT2D eigenvalue weighted by molar-refractivity contribution is 6.31. The maximum atomic E-state index is 14.8. The lowest BCUT2D eigenvalue weighted by Gasteiger charge is -2.34. The number of alkyl halides is 6. The molecule has 0 spiro atoms. The van der Waals surface area contributed by atoms with Gasteiger partial charge >= 0.3 is 24.2 Å². The van der Waals surface area contributed by atoms with Crippen LogP contribution in [0.25, 0.3) is 5.52 Å². The fourth-order valence-electron chi connectivity index (χ4n) is 4.54. The highest BCUT2D eigenvalue weighted by Gasteiger charge is 2.62. The smallest absolute Gasteiger partial charge is 0.328 e. The summed E-state index contributed by atoms with van der Waals surface area (Å²) in [6.45, 7) is -1.64. The van der Waals surface area contributed by atoms with E-state index in [0.29, 0.717) is 16.2 Å². The van der Waals surface area contributed by atoms with Crippen LogP contribution in [0.1, 0.15) is 21.6 Å². The number of benzene rings is 1.